The van der Waals surface area contributed by atoms with E-state index in [-0.39, 0.29) is 11.9 Å². The maximum absolute atomic E-state index is 13.4. The van der Waals surface area contributed by atoms with Gasteiger partial charge >= 0.3 is 0 Å². The first-order chi connectivity index (χ1) is 16.1. The first kappa shape index (κ1) is 23.2. The maximum atomic E-state index is 13.4. The second-order valence-electron chi connectivity index (χ2n) is 8.82. The Balaban J connectivity index is 1.65. The molecule has 7 heteroatoms. The molecule has 1 amide bonds. The summed E-state index contributed by atoms with van der Waals surface area (Å²) in [6, 6.07) is 9.56. The SMILES string of the molecule is COc1c(Oc2ccc(CCN)cc2)cc(C(=O)N[C@H]2CC[C@@H]3CCC[C@@H]32)c(OC)c1OC. The van der Waals surface area contributed by atoms with Gasteiger partial charge in [-0.15, -0.1) is 0 Å². The number of hydrogen-bond acceptors (Lipinski definition) is 6. The topological polar surface area (TPSA) is 92.0 Å². The van der Waals surface area contributed by atoms with Gasteiger partial charge < -0.3 is 30.0 Å². The molecule has 0 heterocycles. The minimum absolute atomic E-state index is 0.187. The van der Waals surface area contributed by atoms with Crippen LogP contribution in [0, 0.1) is 11.8 Å². The molecule has 0 aromatic heterocycles. The van der Waals surface area contributed by atoms with Crippen molar-refractivity contribution in [3.8, 4) is 28.7 Å². The van der Waals surface area contributed by atoms with Gasteiger partial charge in [0.05, 0.1) is 26.9 Å². The van der Waals surface area contributed by atoms with Crippen molar-refractivity contribution in [1.82, 2.24) is 5.32 Å². The van der Waals surface area contributed by atoms with Gasteiger partial charge in [0.15, 0.2) is 11.5 Å². The number of nitrogens with two attached hydrogens (primary N) is 1. The predicted octanol–water partition coefficient (Wildman–Crippen LogP) is 4.31. The Kier molecular flexibility index (Phi) is 7.28. The highest BCUT2D eigenvalue weighted by atomic mass is 16.5. The van der Waals surface area contributed by atoms with E-state index in [2.05, 4.69) is 5.32 Å². The van der Waals surface area contributed by atoms with Crippen LogP contribution in [-0.4, -0.2) is 39.8 Å². The molecule has 2 fully saturated rings. The predicted molar refractivity (Wildman–Crippen MR) is 127 cm³/mol. The van der Waals surface area contributed by atoms with Crippen LogP contribution in [0.25, 0.3) is 0 Å². The average molecular weight is 455 g/mol. The molecule has 0 unspecified atom stereocenters. The summed E-state index contributed by atoms with van der Waals surface area (Å²) < 4.78 is 22.9. The second kappa shape index (κ2) is 10.3. The molecule has 2 aliphatic rings. The Morgan fingerprint density at radius 1 is 0.970 bits per heavy atom. The van der Waals surface area contributed by atoms with Gasteiger partial charge in [0.2, 0.25) is 11.5 Å². The molecule has 0 bridgehead atoms. The van der Waals surface area contributed by atoms with Crippen molar-refractivity contribution in [1.29, 1.82) is 0 Å². The number of methoxy groups -OCH3 is 3. The monoisotopic (exact) mass is 454 g/mol. The molecule has 2 aromatic carbocycles. The van der Waals surface area contributed by atoms with E-state index >= 15 is 0 Å². The lowest BCUT2D eigenvalue weighted by Gasteiger charge is -2.22. The van der Waals surface area contributed by atoms with E-state index in [9.17, 15) is 4.79 Å². The Hall–Kier alpha value is -2.93. The minimum Gasteiger partial charge on any atom is -0.492 e. The number of fused-ring (bicyclic) bond motifs is 1. The lowest BCUT2D eigenvalue weighted by atomic mass is 9.97. The van der Waals surface area contributed by atoms with Gasteiger partial charge in [0.1, 0.15) is 5.75 Å². The van der Waals surface area contributed by atoms with Crippen LogP contribution in [0.15, 0.2) is 30.3 Å². The van der Waals surface area contributed by atoms with Crippen LogP contribution in [0.3, 0.4) is 0 Å². The van der Waals surface area contributed by atoms with Crippen LogP contribution in [0.2, 0.25) is 0 Å². The highest BCUT2D eigenvalue weighted by molar-refractivity contribution is 5.99. The van der Waals surface area contributed by atoms with E-state index in [1.165, 1.54) is 47.0 Å². The fourth-order valence-electron chi connectivity index (χ4n) is 5.43. The standard InChI is InChI=1S/C26H34N2O5/c1-30-23-20(26(29)28-21-12-9-17-5-4-6-19(17)21)15-22(24(31-2)25(23)32-3)33-18-10-7-16(8-11-18)13-14-27/h7-8,10-11,15,17,19,21H,4-6,9,12-14,27H2,1-3H3,(H,28,29)/t17-,19-,21-/m0/s1. The quantitative estimate of drug-likeness (QED) is 0.587. The number of ether oxygens (including phenoxy) is 4. The maximum Gasteiger partial charge on any atom is 0.255 e. The van der Waals surface area contributed by atoms with Gasteiger partial charge in [0.25, 0.3) is 5.91 Å². The average Bonchev–Trinajstić information content (AvgIpc) is 3.44. The number of carbonyl (C=O) groups excluding carboxylic acids is 1. The summed E-state index contributed by atoms with van der Waals surface area (Å²) in [6.45, 7) is 0.588. The summed E-state index contributed by atoms with van der Waals surface area (Å²) in [5.74, 6) is 3.16. The lowest BCUT2D eigenvalue weighted by Crippen LogP contribution is -2.37. The third-order valence-electron chi connectivity index (χ3n) is 7.00. The fraction of sp³-hybridized carbons (Fsp3) is 0.500. The largest absolute Gasteiger partial charge is 0.492 e. The summed E-state index contributed by atoms with van der Waals surface area (Å²) >= 11 is 0. The molecule has 33 heavy (non-hydrogen) atoms. The smallest absolute Gasteiger partial charge is 0.255 e. The molecular formula is C26H34N2O5. The molecule has 2 aromatic rings. The van der Waals surface area contributed by atoms with E-state index < -0.39 is 0 Å². The van der Waals surface area contributed by atoms with E-state index in [4.69, 9.17) is 24.7 Å². The molecule has 0 spiro atoms. The van der Waals surface area contributed by atoms with Crippen molar-refractivity contribution >= 4 is 5.91 Å². The van der Waals surface area contributed by atoms with Crippen molar-refractivity contribution in [3.63, 3.8) is 0 Å². The van der Waals surface area contributed by atoms with Crippen LogP contribution in [-0.2, 0) is 6.42 Å². The third-order valence-corrected chi connectivity index (χ3v) is 7.00. The second-order valence-corrected chi connectivity index (χ2v) is 8.82. The summed E-state index contributed by atoms with van der Waals surface area (Å²) in [5, 5.41) is 3.26. The van der Waals surface area contributed by atoms with Crippen LogP contribution in [0.5, 0.6) is 28.7 Å². The van der Waals surface area contributed by atoms with Crippen LogP contribution >= 0.6 is 0 Å². The van der Waals surface area contributed by atoms with Crippen LogP contribution in [0.4, 0.5) is 0 Å². The van der Waals surface area contributed by atoms with Crippen molar-refractivity contribution in [2.24, 2.45) is 17.6 Å². The molecule has 178 valence electrons. The highest BCUT2D eigenvalue weighted by Gasteiger charge is 2.40. The van der Waals surface area contributed by atoms with Gasteiger partial charge in [-0.2, -0.15) is 0 Å². The number of benzene rings is 2. The Labute approximate surface area is 195 Å². The number of carbonyl (C=O) groups is 1. The molecule has 4 rings (SSSR count). The molecule has 3 N–H and O–H groups in total. The third kappa shape index (κ3) is 4.74. The molecule has 2 saturated carbocycles. The Bertz CT molecular complexity index is 976. The number of rotatable bonds is 9. The molecule has 3 atom stereocenters. The molecular weight excluding hydrogens is 420 g/mol. The summed E-state index contributed by atoms with van der Waals surface area (Å²) in [6.07, 6.45) is 6.73. The van der Waals surface area contributed by atoms with E-state index in [0.717, 1.165) is 24.3 Å². The van der Waals surface area contributed by atoms with Crippen molar-refractivity contribution in [2.75, 3.05) is 27.9 Å². The van der Waals surface area contributed by atoms with E-state index in [1.54, 1.807) is 6.07 Å². The van der Waals surface area contributed by atoms with Crippen molar-refractivity contribution < 1.29 is 23.7 Å². The summed E-state index contributed by atoms with van der Waals surface area (Å²) in [5.41, 5.74) is 7.14. The number of hydrogen-bond donors (Lipinski definition) is 2. The molecule has 7 nitrogen and oxygen atoms in total. The molecule has 0 saturated heterocycles. The summed E-state index contributed by atoms with van der Waals surface area (Å²) in [7, 11) is 4.58. The van der Waals surface area contributed by atoms with Gasteiger partial charge in [-0.05, 0) is 61.8 Å². The zero-order chi connectivity index (χ0) is 23.4. The van der Waals surface area contributed by atoms with Gasteiger partial charge in [-0.25, -0.2) is 0 Å². The van der Waals surface area contributed by atoms with Crippen molar-refractivity contribution in [2.45, 2.75) is 44.6 Å². The highest BCUT2D eigenvalue weighted by Crippen LogP contribution is 2.48. The van der Waals surface area contributed by atoms with Crippen LogP contribution < -0.4 is 30.0 Å². The van der Waals surface area contributed by atoms with E-state index in [1.807, 2.05) is 24.3 Å². The van der Waals surface area contributed by atoms with Gasteiger partial charge in [0, 0.05) is 12.1 Å². The molecule has 0 radical (unpaired) electrons. The zero-order valence-corrected chi connectivity index (χ0v) is 19.7. The Morgan fingerprint density at radius 2 is 1.70 bits per heavy atom. The van der Waals surface area contributed by atoms with Crippen molar-refractivity contribution in [3.05, 3.63) is 41.5 Å². The first-order valence-corrected chi connectivity index (χ1v) is 11.7. The normalized spacial score (nSPS) is 21.4. The molecule has 2 aliphatic carbocycles. The number of amides is 1. The van der Waals surface area contributed by atoms with Crippen LogP contribution in [0.1, 0.15) is 48.0 Å². The molecule has 0 aliphatic heterocycles. The lowest BCUT2D eigenvalue weighted by molar-refractivity contribution is 0.0922. The number of nitrogens with one attached hydrogen (secondary N) is 1. The van der Waals surface area contributed by atoms with Gasteiger partial charge in [-0.3, -0.25) is 4.79 Å². The fourth-order valence-corrected chi connectivity index (χ4v) is 5.43. The summed E-state index contributed by atoms with van der Waals surface area (Å²) in [4.78, 5) is 13.4. The zero-order valence-electron chi connectivity index (χ0n) is 19.7. The van der Waals surface area contributed by atoms with Gasteiger partial charge in [-0.1, -0.05) is 25.0 Å². The minimum atomic E-state index is -0.187. The van der Waals surface area contributed by atoms with E-state index in [0.29, 0.717) is 46.8 Å². The first-order valence-electron chi connectivity index (χ1n) is 11.7. The Morgan fingerprint density at radius 3 is 2.36 bits per heavy atom.